The molecule has 10 nitrogen and oxygen atoms in total. The molecule has 5 amide bonds. The van der Waals surface area contributed by atoms with Crippen molar-refractivity contribution >= 4 is 41.3 Å². The molecule has 0 aromatic heterocycles. The third-order valence-corrected chi connectivity index (χ3v) is 6.54. The van der Waals surface area contributed by atoms with Gasteiger partial charge >= 0.3 is 6.09 Å². The van der Waals surface area contributed by atoms with Gasteiger partial charge in [-0.15, -0.1) is 0 Å². The molecule has 2 unspecified atom stereocenters. The van der Waals surface area contributed by atoms with Gasteiger partial charge in [0.15, 0.2) is 0 Å². The van der Waals surface area contributed by atoms with Gasteiger partial charge in [0.1, 0.15) is 23.5 Å². The van der Waals surface area contributed by atoms with Crippen LogP contribution in [-0.4, -0.2) is 46.3 Å². The Hall–Kier alpha value is -3.99. The lowest BCUT2D eigenvalue weighted by molar-refractivity contribution is -0.137. The van der Waals surface area contributed by atoms with Crippen molar-refractivity contribution in [2.24, 2.45) is 0 Å². The van der Waals surface area contributed by atoms with E-state index in [1.165, 1.54) is 17.0 Å². The van der Waals surface area contributed by atoms with E-state index in [0.29, 0.717) is 16.7 Å². The summed E-state index contributed by atoms with van der Waals surface area (Å²) < 4.78 is 19.0. The molecule has 0 spiro atoms. The molecule has 2 aliphatic rings. The molecule has 2 aromatic carbocycles. The number of nitrogens with one attached hydrogen (secondary N) is 3. The van der Waals surface area contributed by atoms with Crippen molar-refractivity contribution < 1.29 is 33.1 Å². The van der Waals surface area contributed by atoms with E-state index in [0.717, 1.165) is 6.07 Å². The highest BCUT2D eigenvalue weighted by Crippen LogP contribution is 2.28. The molecule has 3 N–H and O–H groups in total. The molecular weight excluding hydrogens is 531 g/mol. The Bertz CT molecular complexity index is 1360. The average molecular weight is 559 g/mol. The first-order valence-electron chi connectivity index (χ1n) is 12.3. The van der Waals surface area contributed by atoms with Crippen molar-refractivity contribution in [3.05, 3.63) is 69.5 Å². The number of benzene rings is 2. The maximum Gasteiger partial charge on any atom is 0.408 e. The molecule has 0 saturated carbocycles. The number of hydrogen-bond acceptors (Lipinski definition) is 6. The molecule has 4 rings (SSSR count). The van der Waals surface area contributed by atoms with Crippen LogP contribution in [0, 0.1) is 5.82 Å². The number of imide groups is 1. The van der Waals surface area contributed by atoms with Gasteiger partial charge in [0.2, 0.25) is 17.7 Å². The molecule has 2 atom stereocenters. The van der Waals surface area contributed by atoms with Crippen molar-refractivity contribution in [2.45, 2.75) is 64.4 Å². The van der Waals surface area contributed by atoms with E-state index < -0.39 is 41.4 Å². The van der Waals surface area contributed by atoms with Crippen LogP contribution >= 0.6 is 11.6 Å². The summed E-state index contributed by atoms with van der Waals surface area (Å²) >= 11 is 5.90. The molecule has 206 valence electrons. The maximum absolute atomic E-state index is 13.7. The van der Waals surface area contributed by atoms with Crippen LogP contribution in [0.25, 0.3) is 0 Å². The lowest BCUT2D eigenvalue weighted by atomic mass is 10.0. The zero-order chi connectivity index (χ0) is 28.5. The predicted molar refractivity (Wildman–Crippen MR) is 138 cm³/mol. The summed E-state index contributed by atoms with van der Waals surface area (Å²) in [6, 6.07) is 6.79. The standard InChI is InChI=1S/C27H28ClFN4O6/c1-27(2,3)39-26(38)32-22(15-5-7-19(29)18(28)11-15)24(36)30-12-14-4-6-17-16(10-14)13-33(25(17)37)20-8-9-21(34)31-23(20)35/h4-7,10-11,20,22H,8-9,12-13H2,1-3H3,(H,30,36)(H,32,38)(H,31,34,35). The minimum atomic E-state index is -1.23. The third kappa shape index (κ3) is 6.54. The maximum atomic E-state index is 13.7. The minimum absolute atomic E-state index is 0.0557. The van der Waals surface area contributed by atoms with Gasteiger partial charge in [-0.2, -0.15) is 0 Å². The number of nitrogens with zero attached hydrogens (tertiary/aromatic N) is 1. The second-order valence-corrected chi connectivity index (χ2v) is 10.8. The lowest BCUT2D eigenvalue weighted by Crippen LogP contribution is -2.52. The number of carbonyl (C=O) groups excluding carboxylic acids is 5. The second-order valence-electron chi connectivity index (χ2n) is 10.4. The number of halogens is 2. The van der Waals surface area contributed by atoms with E-state index in [4.69, 9.17) is 16.3 Å². The van der Waals surface area contributed by atoms with Gasteiger partial charge in [-0.05, 0) is 62.1 Å². The van der Waals surface area contributed by atoms with Crippen molar-refractivity contribution in [3.63, 3.8) is 0 Å². The Balaban J connectivity index is 1.46. The first-order chi connectivity index (χ1) is 18.3. The number of amides is 5. The normalized spacial score (nSPS) is 17.8. The molecule has 0 aliphatic carbocycles. The van der Waals surface area contributed by atoms with E-state index >= 15 is 0 Å². The number of ether oxygens (including phenoxy) is 1. The van der Waals surface area contributed by atoms with Crippen LogP contribution in [0.15, 0.2) is 36.4 Å². The number of alkyl carbamates (subject to hydrolysis) is 1. The fourth-order valence-corrected chi connectivity index (χ4v) is 4.64. The number of hydrogen-bond donors (Lipinski definition) is 3. The highest BCUT2D eigenvalue weighted by atomic mass is 35.5. The zero-order valence-corrected chi connectivity index (χ0v) is 22.4. The van der Waals surface area contributed by atoms with Gasteiger partial charge in [0, 0.05) is 25.1 Å². The monoisotopic (exact) mass is 558 g/mol. The summed E-state index contributed by atoms with van der Waals surface area (Å²) in [6.45, 7) is 5.28. The first-order valence-corrected chi connectivity index (χ1v) is 12.7. The first kappa shape index (κ1) is 28.0. The average Bonchev–Trinajstić information content (AvgIpc) is 3.17. The van der Waals surface area contributed by atoms with Crippen LogP contribution in [0.4, 0.5) is 9.18 Å². The van der Waals surface area contributed by atoms with E-state index in [2.05, 4.69) is 16.0 Å². The number of rotatable bonds is 6. The fraction of sp³-hybridized carbons (Fsp3) is 0.370. The summed E-state index contributed by atoms with van der Waals surface area (Å²) in [7, 11) is 0. The molecule has 2 heterocycles. The topological polar surface area (TPSA) is 134 Å². The zero-order valence-electron chi connectivity index (χ0n) is 21.6. The van der Waals surface area contributed by atoms with Gasteiger partial charge in [0.25, 0.3) is 5.91 Å². The van der Waals surface area contributed by atoms with Crippen LogP contribution in [0.1, 0.15) is 66.7 Å². The lowest BCUT2D eigenvalue weighted by Gasteiger charge is -2.29. The Kier molecular flexibility index (Phi) is 7.91. The second kappa shape index (κ2) is 11.0. The number of carbonyl (C=O) groups is 5. The molecule has 1 fully saturated rings. The molecule has 1 saturated heterocycles. The molecular formula is C27H28ClFN4O6. The van der Waals surface area contributed by atoms with Crippen molar-refractivity contribution in [1.82, 2.24) is 20.9 Å². The predicted octanol–water partition coefficient (Wildman–Crippen LogP) is 3.12. The molecule has 2 aliphatic heterocycles. The summed E-state index contributed by atoms with van der Waals surface area (Å²) in [5.74, 6) is -2.42. The van der Waals surface area contributed by atoms with Crippen LogP contribution in [0.2, 0.25) is 5.02 Å². The van der Waals surface area contributed by atoms with Crippen molar-refractivity contribution in [1.29, 1.82) is 0 Å². The summed E-state index contributed by atoms with van der Waals surface area (Å²) in [6.07, 6.45) is -0.425. The van der Waals surface area contributed by atoms with Gasteiger partial charge in [0.05, 0.1) is 5.02 Å². The highest BCUT2D eigenvalue weighted by Gasteiger charge is 2.39. The molecule has 2 aromatic rings. The van der Waals surface area contributed by atoms with Crippen LogP contribution < -0.4 is 16.0 Å². The van der Waals surface area contributed by atoms with Gasteiger partial charge < -0.3 is 20.3 Å². The molecule has 0 radical (unpaired) electrons. The van der Waals surface area contributed by atoms with E-state index in [1.54, 1.807) is 39.0 Å². The summed E-state index contributed by atoms with van der Waals surface area (Å²) in [5, 5.41) is 7.30. The van der Waals surface area contributed by atoms with E-state index in [-0.39, 0.29) is 48.3 Å². The van der Waals surface area contributed by atoms with Crippen molar-refractivity contribution in [2.75, 3.05) is 0 Å². The van der Waals surface area contributed by atoms with Gasteiger partial charge in [-0.3, -0.25) is 24.5 Å². The van der Waals surface area contributed by atoms with Crippen LogP contribution in [0.5, 0.6) is 0 Å². The third-order valence-electron chi connectivity index (χ3n) is 6.25. The fourth-order valence-electron chi connectivity index (χ4n) is 4.45. The van der Waals surface area contributed by atoms with E-state index in [9.17, 15) is 28.4 Å². The van der Waals surface area contributed by atoms with Crippen molar-refractivity contribution in [3.8, 4) is 0 Å². The number of piperidine rings is 1. The minimum Gasteiger partial charge on any atom is -0.444 e. The summed E-state index contributed by atoms with van der Waals surface area (Å²) in [4.78, 5) is 63.7. The molecule has 0 bridgehead atoms. The smallest absolute Gasteiger partial charge is 0.408 e. The quantitative estimate of drug-likeness (QED) is 0.466. The Labute approximate surface area is 229 Å². The largest absolute Gasteiger partial charge is 0.444 e. The van der Waals surface area contributed by atoms with Crippen LogP contribution in [0.3, 0.4) is 0 Å². The Morgan fingerprint density at radius 1 is 1.18 bits per heavy atom. The van der Waals surface area contributed by atoms with Gasteiger partial charge in [-0.1, -0.05) is 29.8 Å². The molecule has 12 heteroatoms. The molecule has 39 heavy (non-hydrogen) atoms. The van der Waals surface area contributed by atoms with E-state index in [1.807, 2.05) is 0 Å². The Morgan fingerprint density at radius 3 is 2.59 bits per heavy atom. The Morgan fingerprint density at radius 2 is 1.92 bits per heavy atom. The summed E-state index contributed by atoms with van der Waals surface area (Å²) in [5.41, 5.74) is 1.25. The number of fused-ring (bicyclic) bond motifs is 1. The SMILES string of the molecule is CC(C)(C)OC(=O)NC(C(=O)NCc1ccc2c(c1)CN(C1CCC(=O)NC1=O)C2=O)c1ccc(F)c(Cl)c1. The highest BCUT2D eigenvalue weighted by molar-refractivity contribution is 6.30. The van der Waals surface area contributed by atoms with Gasteiger partial charge in [-0.25, -0.2) is 9.18 Å². The van der Waals surface area contributed by atoms with Crippen LogP contribution in [-0.2, 0) is 32.2 Å².